The number of aliphatic hydroxyl groups is 5. The van der Waals surface area contributed by atoms with Crippen LogP contribution in [0.2, 0.25) is 0 Å². The van der Waals surface area contributed by atoms with Gasteiger partial charge < -0.3 is 39.7 Å². The number of esters is 1. The van der Waals surface area contributed by atoms with Gasteiger partial charge in [0.25, 0.3) is 0 Å². The van der Waals surface area contributed by atoms with E-state index in [1.54, 1.807) is 6.92 Å². The van der Waals surface area contributed by atoms with Crippen molar-refractivity contribution in [3.8, 4) is 0 Å². The van der Waals surface area contributed by atoms with Crippen LogP contribution < -0.4 is 0 Å². The first kappa shape index (κ1) is 21.9. The molecule has 2 heterocycles. The van der Waals surface area contributed by atoms with E-state index in [2.05, 4.69) is 13.2 Å². The van der Waals surface area contributed by atoms with Crippen molar-refractivity contribution in [1.29, 1.82) is 0 Å². The summed E-state index contributed by atoms with van der Waals surface area (Å²) < 4.78 is 17.0. The van der Waals surface area contributed by atoms with Crippen LogP contribution >= 0.6 is 0 Å². The Morgan fingerprint density at radius 1 is 1.17 bits per heavy atom. The minimum Gasteiger partial charge on any atom is -0.458 e. The van der Waals surface area contributed by atoms with Crippen LogP contribution in [-0.4, -0.2) is 86.6 Å². The van der Waals surface area contributed by atoms with Crippen molar-refractivity contribution in [2.75, 3.05) is 6.61 Å². The Morgan fingerprint density at radius 2 is 1.87 bits per heavy atom. The molecular weight excluding hydrogens is 396 g/mol. The summed E-state index contributed by atoms with van der Waals surface area (Å²) in [6.07, 6.45) is -6.77. The fourth-order valence-corrected chi connectivity index (χ4v) is 5.57. The van der Waals surface area contributed by atoms with E-state index >= 15 is 0 Å². The van der Waals surface area contributed by atoms with E-state index in [4.69, 9.17) is 14.2 Å². The number of ether oxygens (including phenoxy) is 3. The first-order valence-corrected chi connectivity index (χ1v) is 10.3. The third-order valence-corrected chi connectivity index (χ3v) is 7.38. The van der Waals surface area contributed by atoms with Crippen molar-refractivity contribution >= 4 is 5.97 Å². The van der Waals surface area contributed by atoms with E-state index in [0.29, 0.717) is 24.8 Å². The van der Waals surface area contributed by atoms with E-state index in [1.807, 2.05) is 0 Å². The molecule has 4 rings (SSSR count). The number of carbonyl (C=O) groups is 1. The second kappa shape index (κ2) is 7.67. The predicted octanol–water partition coefficient (Wildman–Crippen LogP) is -0.994. The standard InChI is InChI=1S/C21H30O9/c1-8-4-5-10-9(2)19(26)30-18(10)14-11(8)6-13(21(14,3)27)29-20-17(25)16(24)15(23)12(7-22)28-20/h10-18,20,22-25,27H,1-2,4-7H2,3H3/t10-,11-,12+,13-,14-,15+,16-,17+,18-,20-,21+/m0/s1. The highest BCUT2D eigenvalue weighted by Crippen LogP contribution is 2.55. The van der Waals surface area contributed by atoms with E-state index in [0.717, 1.165) is 5.57 Å². The zero-order chi connectivity index (χ0) is 22.0. The lowest BCUT2D eigenvalue weighted by molar-refractivity contribution is -0.322. The third-order valence-electron chi connectivity index (χ3n) is 7.38. The van der Waals surface area contributed by atoms with Crippen molar-refractivity contribution in [3.63, 3.8) is 0 Å². The van der Waals surface area contributed by atoms with Crippen molar-refractivity contribution in [3.05, 3.63) is 24.3 Å². The first-order valence-electron chi connectivity index (χ1n) is 10.3. The Bertz CT molecular complexity index is 732. The molecule has 0 bridgehead atoms. The number of fused-ring (bicyclic) bond motifs is 3. The molecular formula is C21H30O9. The highest BCUT2D eigenvalue weighted by Gasteiger charge is 2.62. The number of carbonyl (C=O) groups excluding carboxylic acids is 1. The lowest BCUT2D eigenvalue weighted by Crippen LogP contribution is -2.60. The first-order chi connectivity index (χ1) is 14.1. The highest BCUT2D eigenvalue weighted by molar-refractivity contribution is 5.90. The normalized spacial score (nSPS) is 51.3. The van der Waals surface area contributed by atoms with Gasteiger partial charge in [-0.2, -0.15) is 0 Å². The summed E-state index contributed by atoms with van der Waals surface area (Å²) in [7, 11) is 0. The Labute approximate surface area is 174 Å². The monoisotopic (exact) mass is 426 g/mol. The Kier molecular flexibility index (Phi) is 5.59. The van der Waals surface area contributed by atoms with E-state index < -0.39 is 67.0 Å². The van der Waals surface area contributed by atoms with Gasteiger partial charge in [-0.15, -0.1) is 0 Å². The minimum atomic E-state index is -1.57. The highest BCUT2D eigenvalue weighted by atomic mass is 16.7. The summed E-state index contributed by atoms with van der Waals surface area (Å²) >= 11 is 0. The van der Waals surface area contributed by atoms with E-state index in [9.17, 15) is 30.3 Å². The van der Waals surface area contributed by atoms with E-state index in [1.165, 1.54) is 0 Å². The second-order valence-corrected chi connectivity index (χ2v) is 9.11. The molecule has 9 nitrogen and oxygen atoms in total. The van der Waals surface area contributed by atoms with Crippen LogP contribution in [-0.2, 0) is 19.0 Å². The molecule has 0 radical (unpaired) electrons. The van der Waals surface area contributed by atoms with Crippen molar-refractivity contribution in [1.82, 2.24) is 0 Å². The van der Waals surface area contributed by atoms with Gasteiger partial charge in [0.15, 0.2) is 6.29 Å². The maximum Gasteiger partial charge on any atom is 0.334 e. The van der Waals surface area contributed by atoms with Gasteiger partial charge in [-0.05, 0) is 32.1 Å². The Hall–Kier alpha value is -1.33. The quantitative estimate of drug-likeness (QED) is 0.218. The number of rotatable bonds is 3. The van der Waals surface area contributed by atoms with Gasteiger partial charge in [-0.1, -0.05) is 18.7 Å². The van der Waals surface area contributed by atoms with Crippen LogP contribution in [0.15, 0.2) is 24.3 Å². The predicted molar refractivity (Wildman–Crippen MR) is 102 cm³/mol. The molecule has 5 N–H and O–H groups in total. The van der Waals surface area contributed by atoms with Gasteiger partial charge in [0.2, 0.25) is 0 Å². The van der Waals surface area contributed by atoms with Crippen LogP contribution in [0.1, 0.15) is 26.2 Å². The topological polar surface area (TPSA) is 146 Å². The fourth-order valence-electron chi connectivity index (χ4n) is 5.57. The summed E-state index contributed by atoms with van der Waals surface area (Å²) in [4.78, 5) is 12.1. The smallest absolute Gasteiger partial charge is 0.334 e. The SMILES string of the molecule is C=C1C(=O)O[C@@H]2[C@@H]3[C@@H](C[C@H](O[C@@H]4O[C@H](CO)[C@@H](O)[C@H](O)[C@H]4O)[C@@]3(C)O)C(=C)CC[C@@H]12. The number of allylic oxidation sites excluding steroid dienone is 1. The number of hydrogen-bond donors (Lipinski definition) is 5. The van der Waals surface area contributed by atoms with E-state index in [-0.39, 0.29) is 11.8 Å². The zero-order valence-corrected chi connectivity index (χ0v) is 16.9. The summed E-state index contributed by atoms with van der Waals surface area (Å²) in [6, 6.07) is 0. The molecule has 2 saturated heterocycles. The molecule has 4 fully saturated rings. The molecule has 0 amide bonds. The summed E-state index contributed by atoms with van der Waals surface area (Å²) in [5, 5.41) is 51.2. The zero-order valence-electron chi connectivity index (χ0n) is 16.9. The maximum absolute atomic E-state index is 12.1. The molecule has 11 atom stereocenters. The van der Waals surface area contributed by atoms with Crippen LogP contribution in [0.25, 0.3) is 0 Å². The van der Waals surface area contributed by atoms with Crippen molar-refractivity contribution in [2.45, 2.75) is 74.7 Å². The van der Waals surface area contributed by atoms with Gasteiger partial charge in [-0.25, -0.2) is 4.79 Å². The molecule has 2 aliphatic heterocycles. The fraction of sp³-hybridized carbons (Fsp3) is 0.762. The number of aliphatic hydroxyl groups excluding tert-OH is 4. The molecule has 2 saturated carbocycles. The second-order valence-electron chi connectivity index (χ2n) is 9.11. The summed E-state index contributed by atoms with van der Waals surface area (Å²) in [5.74, 6) is -1.31. The summed E-state index contributed by atoms with van der Waals surface area (Å²) in [5.41, 5.74) is -0.120. The largest absolute Gasteiger partial charge is 0.458 e. The lowest BCUT2D eigenvalue weighted by atomic mass is 9.77. The van der Waals surface area contributed by atoms with Gasteiger partial charge in [0, 0.05) is 17.4 Å². The molecule has 0 aromatic carbocycles. The molecule has 168 valence electrons. The number of hydrogen-bond acceptors (Lipinski definition) is 9. The van der Waals surface area contributed by atoms with Gasteiger partial charge >= 0.3 is 5.97 Å². The minimum absolute atomic E-state index is 0.177. The van der Waals surface area contributed by atoms with Crippen LogP contribution in [0.4, 0.5) is 0 Å². The molecule has 2 aliphatic carbocycles. The molecule has 9 heteroatoms. The molecule has 0 unspecified atom stereocenters. The van der Waals surface area contributed by atoms with Crippen LogP contribution in [0, 0.1) is 17.8 Å². The maximum atomic E-state index is 12.1. The average molecular weight is 426 g/mol. The van der Waals surface area contributed by atoms with Crippen LogP contribution in [0.5, 0.6) is 0 Å². The van der Waals surface area contributed by atoms with Crippen molar-refractivity contribution < 1.29 is 44.5 Å². The van der Waals surface area contributed by atoms with Gasteiger partial charge in [0.05, 0.1) is 18.3 Å². The van der Waals surface area contributed by atoms with Crippen LogP contribution in [0.3, 0.4) is 0 Å². The van der Waals surface area contributed by atoms with Gasteiger partial charge in [0.1, 0.15) is 30.5 Å². The molecule has 0 spiro atoms. The molecule has 0 aromatic heterocycles. The molecule has 0 aromatic rings. The average Bonchev–Trinajstić information content (AvgIpc) is 3.06. The lowest BCUT2D eigenvalue weighted by Gasteiger charge is -2.42. The molecule has 4 aliphatic rings. The Morgan fingerprint density at radius 3 is 2.53 bits per heavy atom. The Balaban J connectivity index is 1.59. The van der Waals surface area contributed by atoms with Gasteiger partial charge in [-0.3, -0.25) is 0 Å². The summed E-state index contributed by atoms with van der Waals surface area (Å²) in [6.45, 7) is 9.05. The van der Waals surface area contributed by atoms with Crippen molar-refractivity contribution in [2.24, 2.45) is 17.8 Å². The third kappa shape index (κ3) is 3.24. The molecule has 30 heavy (non-hydrogen) atoms.